The molecule has 1 amide bonds. The van der Waals surface area contributed by atoms with E-state index in [0.29, 0.717) is 12.5 Å². The Morgan fingerprint density at radius 3 is 2.41 bits per heavy atom. The SMILES string of the molecule is CCC1(CC)C[C@]2(CC[C@H](c3n[nH]cc3CN(C)CCN(C)C(=O)OC(C)(C)C)CC2)OC1=O. The Morgan fingerprint density at radius 1 is 1.21 bits per heavy atom. The minimum absolute atomic E-state index is 0.00869. The van der Waals surface area contributed by atoms with E-state index in [9.17, 15) is 9.59 Å². The Labute approximate surface area is 204 Å². The van der Waals surface area contributed by atoms with Gasteiger partial charge >= 0.3 is 12.1 Å². The molecule has 0 radical (unpaired) electrons. The minimum Gasteiger partial charge on any atom is -0.459 e. The van der Waals surface area contributed by atoms with Crippen LogP contribution in [-0.2, 0) is 20.8 Å². The monoisotopic (exact) mass is 476 g/mol. The molecule has 1 aliphatic heterocycles. The van der Waals surface area contributed by atoms with Gasteiger partial charge in [-0.3, -0.25) is 9.89 Å². The number of ether oxygens (including phenoxy) is 2. The van der Waals surface area contributed by atoms with Crippen LogP contribution in [0.25, 0.3) is 0 Å². The molecule has 0 aromatic carbocycles. The number of aromatic amines is 1. The Hall–Kier alpha value is -2.09. The van der Waals surface area contributed by atoms with Crippen LogP contribution in [0.4, 0.5) is 4.79 Å². The molecule has 0 unspecified atom stereocenters. The normalized spacial score (nSPS) is 24.5. The fraction of sp³-hybridized carbons (Fsp3) is 0.808. The third kappa shape index (κ3) is 5.93. The first kappa shape index (κ1) is 26.5. The van der Waals surface area contributed by atoms with E-state index in [-0.39, 0.29) is 23.1 Å². The Balaban J connectivity index is 1.53. The number of hydrogen-bond donors (Lipinski definition) is 1. The third-order valence-electron chi connectivity index (χ3n) is 7.76. The third-order valence-corrected chi connectivity index (χ3v) is 7.76. The summed E-state index contributed by atoms with van der Waals surface area (Å²) in [5.74, 6) is 0.385. The number of aromatic nitrogens is 2. The van der Waals surface area contributed by atoms with Gasteiger partial charge in [0.05, 0.1) is 11.1 Å². The Morgan fingerprint density at radius 2 is 1.85 bits per heavy atom. The zero-order chi connectivity index (χ0) is 25.1. The predicted octanol–water partition coefficient (Wildman–Crippen LogP) is 4.86. The molecule has 2 fully saturated rings. The largest absolute Gasteiger partial charge is 0.459 e. The highest BCUT2D eigenvalue weighted by atomic mass is 16.6. The van der Waals surface area contributed by atoms with Crippen LogP contribution in [-0.4, -0.2) is 70.4 Å². The van der Waals surface area contributed by atoms with E-state index in [1.54, 1.807) is 11.9 Å². The fourth-order valence-electron chi connectivity index (χ4n) is 5.44. The van der Waals surface area contributed by atoms with Crippen molar-refractivity contribution in [1.29, 1.82) is 0 Å². The topological polar surface area (TPSA) is 87.8 Å². The standard InChI is InChI=1S/C26H44N4O4/c1-8-25(9-2)18-26(33-22(25)31)12-10-19(11-13-26)21-20(16-27-28-21)17-29(6)14-15-30(7)23(32)34-24(3,4)5/h16,19H,8-15,17-18H2,1-7H3,(H,27,28)/t19-,26+. The van der Waals surface area contributed by atoms with Crippen LogP contribution in [0.3, 0.4) is 0 Å². The number of nitrogens with zero attached hydrogens (tertiary/aromatic N) is 3. The molecule has 1 spiro atoms. The van der Waals surface area contributed by atoms with Crippen molar-refractivity contribution in [2.45, 2.75) is 103 Å². The summed E-state index contributed by atoms with van der Waals surface area (Å²) in [6.45, 7) is 11.9. The lowest BCUT2D eigenvalue weighted by atomic mass is 9.69. The average molecular weight is 477 g/mol. The van der Waals surface area contributed by atoms with Gasteiger partial charge in [-0.05, 0) is 66.3 Å². The summed E-state index contributed by atoms with van der Waals surface area (Å²) in [6, 6.07) is 0. The molecule has 1 saturated heterocycles. The van der Waals surface area contributed by atoms with Crippen LogP contribution in [0.1, 0.15) is 96.7 Å². The van der Waals surface area contributed by atoms with Gasteiger partial charge in [-0.1, -0.05) is 13.8 Å². The highest BCUT2D eigenvalue weighted by Gasteiger charge is 2.55. The van der Waals surface area contributed by atoms with Crippen LogP contribution < -0.4 is 0 Å². The molecule has 1 aliphatic carbocycles. The van der Waals surface area contributed by atoms with Crippen LogP contribution >= 0.6 is 0 Å². The van der Waals surface area contributed by atoms with E-state index in [2.05, 4.69) is 36.0 Å². The van der Waals surface area contributed by atoms with Gasteiger partial charge in [-0.25, -0.2) is 4.79 Å². The molecule has 1 aromatic heterocycles. The molecule has 8 nitrogen and oxygen atoms in total. The van der Waals surface area contributed by atoms with E-state index >= 15 is 0 Å². The maximum atomic E-state index is 12.7. The number of H-pyrrole nitrogens is 1. The van der Waals surface area contributed by atoms with Gasteiger partial charge in [0.25, 0.3) is 0 Å². The molecule has 192 valence electrons. The first-order valence-corrected chi connectivity index (χ1v) is 12.8. The zero-order valence-electron chi connectivity index (χ0n) is 22.2. The molecule has 2 aliphatic rings. The Bertz CT molecular complexity index is 847. The lowest BCUT2D eigenvalue weighted by Crippen LogP contribution is -2.38. The highest BCUT2D eigenvalue weighted by Crippen LogP contribution is 2.53. The van der Waals surface area contributed by atoms with E-state index in [1.165, 1.54) is 5.56 Å². The van der Waals surface area contributed by atoms with Crippen molar-refractivity contribution in [1.82, 2.24) is 20.0 Å². The average Bonchev–Trinajstić information content (AvgIpc) is 3.33. The summed E-state index contributed by atoms with van der Waals surface area (Å²) < 4.78 is 11.5. The van der Waals surface area contributed by atoms with E-state index < -0.39 is 5.60 Å². The number of nitrogens with one attached hydrogen (secondary N) is 1. The van der Waals surface area contributed by atoms with E-state index in [0.717, 1.165) is 63.7 Å². The molecule has 2 heterocycles. The fourth-order valence-corrected chi connectivity index (χ4v) is 5.44. The summed E-state index contributed by atoms with van der Waals surface area (Å²) in [5.41, 5.74) is 1.26. The number of carbonyl (C=O) groups is 2. The van der Waals surface area contributed by atoms with Crippen molar-refractivity contribution in [3.8, 4) is 0 Å². The molecule has 1 N–H and O–H groups in total. The zero-order valence-corrected chi connectivity index (χ0v) is 22.2. The number of carbonyl (C=O) groups excluding carboxylic acids is 2. The second kappa shape index (κ2) is 10.3. The quantitative estimate of drug-likeness (QED) is 0.539. The molecule has 0 atom stereocenters. The maximum Gasteiger partial charge on any atom is 0.410 e. The number of esters is 1. The minimum atomic E-state index is -0.493. The highest BCUT2D eigenvalue weighted by molar-refractivity contribution is 5.79. The maximum absolute atomic E-state index is 12.7. The smallest absolute Gasteiger partial charge is 0.410 e. The number of amides is 1. The van der Waals surface area contributed by atoms with Gasteiger partial charge in [-0.2, -0.15) is 5.10 Å². The van der Waals surface area contributed by atoms with Gasteiger partial charge in [0.2, 0.25) is 0 Å². The Kier molecular flexibility index (Phi) is 8.00. The van der Waals surface area contributed by atoms with Gasteiger partial charge in [0, 0.05) is 50.8 Å². The summed E-state index contributed by atoms with van der Waals surface area (Å²) >= 11 is 0. The lowest BCUT2D eigenvalue weighted by Gasteiger charge is -2.36. The number of likely N-dealkylation sites (N-methyl/N-ethyl adjacent to an activating group) is 2. The van der Waals surface area contributed by atoms with E-state index in [4.69, 9.17) is 9.47 Å². The second-order valence-corrected chi connectivity index (χ2v) is 11.4. The molecule has 0 bridgehead atoms. The molecule has 1 saturated carbocycles. The summed E-state index contributed by atoms with van der Waals surface area (Å²) in [4.78, 5) is 28.7. The van der Waals surface area contributed by atoms with Crippen molar-refractivity contribution < 1.29 is 19.1 Å². The number of hydrogen-bond acceptors (Lipinski definition) is 6. The molecule has 34 heavy (non-hydrogen) atoms. The van der Waals surface area contributed by atoms with Crippen LogP contribution in [0.2, 0.25) is 0 Å². The van der Waals surface area contributed by atoms with Gasteiger partial charge in [0.1, 0.15) is 11.2 Å². The van der Waals surface area contributed by atoms with Crippen molar-refractivity contribution in [3.05, 3.63) is 17.5 Å². The molecule has 3 rings (SSSR count). The van der Waals surface area contributed by atoms with Crippen molar-refractivity contribution in [3.63, 3.8) is 0 Å². The lowest BCUT2D eigenvalue weighted by molar-refractivity contribution is -0.156. The van der Waals surface area contributed by atoms with Gasteiger partial charge < -0.3 is 19.3 Å². The predicted molar refractivity (Wildman–Crippen MR) is 131 cm³/mol. The van der Waals surface area contributed by atoms with E-state index in [1.807, 2.05) is 27.0 Å². The van der Waals surface area contributed by atoms with Crippen LogP contribution in [0.15, 0.2) is 6.20 Å². The van der Waals surface area contributed by atoms with Crippen molar-refractivity contribution in [2.24, 2.45) is 5.41 Å². The first-order chi connectivity index (χ1) is 15.9. The first-order valence-electron chi connectivity index (χ1n) is 12.8. The summed E-state index contributed by atoms with van der Waals surface area (Å²) in [5, 5.41) is 7.67. The molecular weight excluding hydrogens is 432 g/mol. The van der Waals surface area contributed by atoms with Crippen LogP contribution in [0, 0.1) is 5.41 Å². The summed E-state index contributed by atoms with van der Waals surface area (Å²) in [7, 11) is 3.83. The molecule has 1 aromatic rings. The second-order valence-electron chi connectivity index (χ2n) is 11.4. The number of rotatable bonds is 8. The van der Waals surface area contributed by atoms with Gasteiger partial charge in [0.15, 0.2) is 0 Å². The van der Waals surface area contributed by atoms with Crippen molar-refractivity contribution >= 4 is 12.1 Å². The van der Waals surface area contributed by atoms with Crippen molar-refractivity contribution in [2.75, 3.05) is 27.2 Å². The van der Waals surface area contributed by atoms with Gasteiger partial charge in [-0.15, -0.1) is 0 Å². The van der Waals surface area contributed by atoms with Crippen LogP contribution in [0.5, 0.6) is 0 Å². The molecule has 8 heteroatoms. The molecular formula is C26H44N4O4. The summed E-state index contributed by atoms with van der Waals surface area (Å²) in [6.07, 6.45) is 8.05.